The van der Waals surface area contributed by atoms with Crippen LogP contribution in [0.3, 0.4) is 0 Å². The molecule has 0 radical (unpaired) electrons. The van der Waals surface area contributed by atoms with Crippen LogP contribution < -0.4 is 10.1 Å². The zero-order valence-electron chi connectivity index (χ0n) is 17.8. The summed E-state index contributed by atoms with van der Waals surface area (Å²) in [4.78, 5) is 12.9. The van der Waals surface area contributed by atoms with Crippen molar-refractivity contribution >= 4 is 33.4 Å². The van der Waals surface area contributed by atoms with E-state index in [2.05, 4.69) is 5.32 Å². The zero-order valence-corrected chi connectivity index (χ0v) is 19.4. The number of benzene rings is 2. The number of nitrogens with one attached hydrogen (secondary N) is 1. The Balaban J connectivity index is 2.25. The maximum absolute atomic E-state index is 13.3. The van der Waals surface area contributed by atoms with Crippen LogP contribution in [0.4, 0.5) is 14.5 Å². The van der Waals surface area contributed by atoms with Crippen molar-refractivity contribution in [3.63, 3.8) is 0 Å². The summed E-state index contributed by atoms with van der Waals surface area (Å²) in [6.07, 6.45) is -0.197. The quantitative estimate of drug-likeness (QED) is 0.515. The Bertz CT molecular complexity index is 1030. The molecule has 0 saturated carbocycles. The van der Waals surface area contributed by atoms with Gasteiger partial charge in [-0.2, -0.15) is 4.31 Å². The standard InChI is InChI=1S/C21H26F2N2O4S2/c1-5-25(6-2)31(27,28)16-8-10-20(29-14(3)4)19(12-16)24-21(26)13-30-15-7-9-17(22)18(23)11-15/h7-12,14H,5-6,13H2,1-4H3,(H,24,26). The summed E-state index contributed by atoms with van der Waals surface area (Å²) in [7, 11) is -3.72. The number of carbonyl (C=O) groups is 1. The van der Waals surface area contributed by atoms with Crippen molar-refractivity contribution in [1.29, 1.82) is 0 Å². The van der Waals surface area contributed by atoms with E-state index in [1.165, 1.54) is 28.6 Å². The number of ether oxygens (including phenoxy) is 1. The topological polar surface area (TPSA) is 75.7 Å². The molecule has 0 aliphatic heterocycles. The normalized spacial score (nSPS) is 11.7. The highest BCUT2D eigenvalue weighted by Gasteiger charge is 2.23. The second kappa shape index (κ2) is 10.9. The summed E-state index contributed by atoms with van der Waals surface area (Å²) in [6, 6.07) is 7.70. The third-order valence-corrected chi connectivity index (χ3v) is 7.23. The predicted octanol–water partition coefficient (Wildman–Crippen LogP) is 4.51. The Morgan fingerprint density at radius 3 is 2.35 bits per heavy atom. The van der Waals surface area contributed by atoms with Crippen LogP contribution in [0, 0.1) is 11.6 Å². The van der Waals surface area contributed by atoms with Crippen molar-refractivity contribution in [1.82, 2.24) is 4.31 Å². The van der Waals surface area contributed by atoms with Crippen molar-refractivity contribution in [3.05, 3.63) is 48.0 Å². The van der Waals surface area contributed by atoms with E-state index < -0.39 is 27.6 Å². The molecule has 6 nitrogen and oxygen atoms in total. The summed E-state index contributed by atoms with van der Waals surface area (Å²) in [6.45, 7) is 7.74. The van der Waals surface area contributed by atoms with E-state index in [1.807, 2.05) is 13.8 Å². The average molecular weight is 473 g/mol. The number of thioether (sulfide) groups is 1. The van der Waals surface area contributed by atoms with E-state index in [0.717, 1.165) is 23.9 Å². The molecule has 0 atom stereocenters. The minimum absolute atomic E-state index is 0.0378. The molecule has 0 heterocycles. The van der Waals surface area contributed by atoms with Gasteiger partial charge in [0, 0.05) is 18.0 Å². The van der Waals surface area contributed by atoms with Gasteiger partial charge in [0.05, 0.1) is 22.4 Å². The molecule has 0 saturated heterocycles. The molecular formula is C21H26F2N2O4S2. The van der Waals surface area contributed by atoms with Gasteiger partial charge < -0.3 is 10.1 Å². The maximum Gasteiger partial charge on any atom is 0.243 e. The first-order chi connectivity index (χ1) is 14.6. The monoisotopic (exact) mass is 472 g/mol. The number of hydrogen-bond acceptors (Lipinski definition) is 5. The minimum atomic E-state index is -3.72. The van der Waals surface area contributed by atoms with E-state index in [0.29, 0.717) is 23.7 Å². The molecule has 1 amide bonds. The summed E-state index contributed by atoms with van der Waals surface area (Å²) in [5, 5.41) is 2.66. The van der Waals surface area contributed by atoms with Crippen LogP contribution in [0.2, 0.25) is 0 Å². The first-order valence-corrected chi connectivity index (χ1v) is 12.2. The number of anilines is 1. The maximum atomic E-state index is 13.3. The van der Waals surface area contributed by atoms with Gasteiger partial charge in [0.25, 0.3) is 0 Å². The Hall–Kier alpha value is -2.17. The minimum Gasteiger partial charge on any atom is -0.489 e. The van der Waals surface area contributed by atoms with Crippen molar-refractivity contribution in [3.8, 4) is 5.75 Å². The lowest BCUT2D eigenvalue weighted by atomic mass is 10.3. The number of halogens is 2. The molecule has 0 unspecified atom stereocenters. The molecule has 0 aliphatic rings. The number of carbonyl (C=O) groups excluding carboxylic acids is 1. The molecule has 2 aromatic rings. The van der Waals surface area contributed by atoms with Gasteiger partial charge in [0.1, 0.15) is 5.75 Å². The third-order valence-electron chi connectivity index (χ3n) is 4.19. The van der Waals surface area contributed by atoms with Crippen LogP contribution in [-0.4, -0.2) is 43.6 Å². The van der Waals surface area contributed by atoms with E-state index in [1.54, 1.807) is 13.8 Å². The van der Waals surface area contributed by atoms with Crippen LogP contribution in [0.1, 0.15) is 27.7 Å². The van der Waals surface area contributed by atoms with E-state index in [4.69, 9.17) is 4.74 Å². The molecule has 0 aromatic heterocycles. The van der Waals surface area contributed by atoms with Crippen molar-refractivity contribution in [2.45, 2.75) is 43.6 Å². The number of sulfonamides is 1. The molecule has 0 spiro atoms. The number of hydrogen-bond donors (Lipinski definition) is 1. The van der Waals surface area contributed by atoms with Gasteiger partial charge in [0.15, 0.2) is 11.6 Å². The van der Waals surface area contributed by atoms with Crippen LogP contribution >= 0.6 is 11.8 Å². The summed E-state index contributed by atoms with van der Waals surface area (Å²) >= 11 is 1.03. The molecule has 0 bridgehead atoms. The lowest BCUT2D eigenvalue weighted by Crippen LogP contribution is -2.30. The highest BCUT2D eigenvalue weighted by Crippen LogP contribution is 2.30. The van der Waals surface area contributed by atoms with Crippen molar-refractivity contribution in [2.24, 2.45) is 0 Å². The van der Waals surface area contributed by atoms with Gasteiger partial charge in [-0.05, 0) is 50.2 Å². The summed E-state index contributed by atoms with van der Waals surface area (Å²) in [5.74, 6) is -2.15. The van der Waals surface area contributed by atoms with Gasteiger partial charge in [-0.15, -0.1) is 11.8 Å². The molecule has 31 heavy (non-hydrogen) atoms. The highest BCUT2D eigenvalue weighted by molar-refractivity contribution is 8.00. The molecule has 10 heteroatoms. The van der Waals surface area contributed by atoms with Gasteiger partial charge in [-0.3, -0.25) is 4.79 Å². The largest absolute Gasteiger partial charge is 0.489 e. The fourth-order valence-electron chi connectivity index (χ4n) is 2.74. The van der Waals surface area contributed by atoms with Gasteiger partial charge in [0.2, 0.25) is 15.9 Å². The molecule has 170 valence electrons. The van der Waals surface area contributed by atoms with Crippen molar-refractivity contribution in [2.75, 3.05) is 24.2 Å². The summed E-state index contributed by atoms with van der Waals surface area (Å²) in [5.41, 5.74) is 0.220. The molecule has 1 N–H and O–H groups in total. The van der Waals surface area contributed by atoms with Crippen LogP contribution in [0.15, 0.2) is 46.2 Å². The number of rotatable bonds is 10. The lowest BCUT2D eigenvalue weighted by molar-refractivity contribution is -0.113. The fraction of sp³-hybridized carbons (Fsp3) is 0.381. The van der Waals surface area contributed by atoms with E-state index >= 15 is 0 Å². The smallest absolute Gasteiger partial charge is 0.243 e. The van der Waals surface area contributed by atoms with Crippen molar-refractivity contribution < 1.29 is 26.7 Å². The van der Waals surface area contributed by atoms with Crippen LogP contribution in [0.5, 0.6) is 5.75 Å². The first-order valence-electron chi connectivity index (χ1n) is 9.77. The predicted molar refractivity (Wildman–Crippen MR) is 118 cm³/mol. The molecular weight excluding hydrogens is 446 g/mol. The Morgan fingerprint density at radius 1 is 1.10 bits per heavy atom. The Labute approximate surface area is 186 Å². The number of nitrogens with zero attached hydrogens (tertiary/aromatic N) is 1. The first kappa shape index (κ1) is 25.1. The second-order valence-corrected chi connectivity index (χ2v) is 9.81. The zero-order chi connectivity index (χ0) is 23.2. The SMILES string of the molecule is CCN(CC)S(=O)(=O)c1ccc(OC(C)C)c(NC(=O)CSc2ccc(F)c(F)c2)c1. The van der Waals surface area contributed by atoms with E-state index in [-0.39, 0.29) is 22.4 Å². The summed E-state index contributed by atoms with van der Waals surface area (Å²) < 4.78 is 59.1. The van der Waals surface area contributed by atoms with E-state index in [9.17, 15) is 22.0 Å². The molecule has 2 aromatic carbocycles. The second-order valence-electron chi connectivity index (χ2n) is 6.83. The average Bonchev–Trinajstić information content (AvgIpc) is 2.70. The Kier molecular flexibility index (Phi) is 8.84. The van der Waals surface area contributed by atoms with Gasteiger partial charge in [-0.1, -0.05) is 13.8 Å². The fourth-order valence-corrected chi connectivity index (χ4v) is 4.94. The van der Waals surface area contributed by atoms with Crippen LogP contribution in [-0.2, 0) is 14.8 Å². The molecule has 0 aliphatic carbocycles. The molecule has 2 rings (SSSR count). The number of amides is 1. The molecule has 0 fully saturated rings. The third kappa shape index (κ3) is 6.65. The van der Waals surface area contributed by atoms with Gasteiger partial charge in [-0.25, -0.2) is 17.2 Å². The van der Waals surface area contributed by atoms with Gasteiger partial charge >= 0.3 is 0 Å². The van der Waals surface area contributed by atoms with Crippen LogP contribution in [0.25, 0.3) is 0 Å². The lowest BCUT2D eigenvalue weighted by Gasteiger charge is -2.20. The Morgan fingerprint density at radius 2 is 1.77 bits per heavy atom. The highest BCUT2D eigenvalue weighted by atomic mass is 32.2.